The largest absolute Gasteiger partial charge is 0.393 e. The van der Waals surface area contributed by atoms with Crippen LogP contribution in [0.2, 0.25) is 0 Å². The molecular formula is C12H23NO. The lowest BCUT2D eigenvalue weighted by molar-refractivity contribution is 0.0970. The van der Waals surface area contributed by atoms with Crippen molar-refractivity contribution >= 4 is 0 Å². The smallest absolute Gasteiger partial charge is 0.0540 e. The van der Waals surface area contributed by atoms with E-state index in [4.69, 9.17) is 0 Å². The normalized spacial score (nSPS) is 40.3. The summed E-state index contributed by atoms with van der Waals surface area (Å²) in [6.45, 7) is 6.25. The van der Waals surface area contributed by atoms with Crippen molar-refractivity contribution in [2.45, 2.75) is 45.1 Å². The number of nitrogens with zero attached hydrogens (tertiary/aromatic N) is 1. The molecule has 14 heavy (non-hydrogen) atoms. The molecule has 0 bridgehead atoms. The molecule has 1 unspecified atom stereocenters. The molecule has 2 rings (SSSR count). The standard InChI is InChI=1S/C12H23NO/c1-10-6-7-13(8-10)9-11-2-4-12(14)5-3-11/h10-12,14H,2-9H2,1H3. The van der Waals surface area contributed by atoms with E-state index in [0.29, 0.717) is 0 Å². The molecule has 0 aromatic rings. The molecule has 1 heterocycles. The van der Waals surface area contributed by atoms with Gasteiger partial charge < -0.3 is 10.0 Å². The van der Waals surface area contributed by atoms with Gasteiger partial charge in [0.05, 0.1) is 6.10 Å². The Kier molecular flexibility index (Phi) is 3.45. The third-order valence-electron chi connectivity index (χ3n) is 3.84. The van der Waals surface area contributed by atoms with E-state index in [-0.39, 0.29) is 6.10 Å². The topological polar surface area (TPSA) is 23.5 Å². The lowest BCUT2D eigenvalue weighted by Crippen LogP contribution is -2.30. The molecule has 1 aliphatic heterocycles. The summed E-state index contributed by atoms with van der Waals surface area (Å²) in [7, 11) is 0. The molecule has 82 valence electrons. The molecule has 2 heteroatoms. The van der Waals surface area contributed by atoms with E-state index in [1.165, 1.54) is 38.9 Å². The Morgan fingerprint density at radius 1 is 1.14 bits per heavy atom. The van der Waals surface area contributed by atoms with Crippen LogP contribution in [0.4, 0.5) is 0 Å². The Bertz CT molecular complexity index is 175. The van der Waals surface area contributed by atoms with Crippen LogP contribution in [0.5, 0.6) is 0 Å². The van der Waals surface area contributed by atoms with Gasteiger partial charge in [-0.2, -0.15) is 0 Å². The minimum absolute atomic E-state index is 0.00347. The van der Waals surface area contributed by atoms with Crippen molar-refractivity contribution < 1.29 is 5.11 Å². The van der Waals surface area contributed by atoms with Gasteiger partial charge in [0.1, 0.15) is 0 Å². The summed E-state index contributed by atoms with van der Waals surface area (Å²) in [6, 6.07) is 0. The fraction of sp³-hybridized carbons (Fsp3) is 1.00. The number of aliphatic hydroxyl groups is 1. The van der Waals surface area contributed by atoms with E-state index in [2.05, 4.69) is 11.8 Å². The van der Waals surface area contributed by atoms with Crippen LogP contribution in [0.3, 0.4) is 0 Å². The Morgan fingerprint density at radius 3 is 2.43 bits per heavy atom. The average Bonchev–Trinajstić information content (AvgIpc) is 2.56. The van der Waals surface area contributed by atoms with Crippen molar-refractivity contribution in [3.05, 3.63) is 0 Å². The molecule has 2 fully saturated rings. The molecular weight excluding hydrogens is 174 g/mol. The Labute approximate surface area is 87.3 Å². The van der Waals surface area contributed by atoms with Crippen molar-refractivity contribution in [1.29, 1.82) is 0 Å². The fourth-order valence-electron chi connectivity index (χ4n) is 2.88. The number of hydrogen-bond donors (Lipinski definition) is 1. The molecule has 1 saturated heterocycles. The Morgan fingerprint density at radius 2 is 1.86 bits per heavy atom. The summed E-state index contributed by atoms with van der Waals surface area (Å²) < 4.78 is 0. The van der Waals surface area contributed by atoms with E-state index >= 15 is 0 Å². The predicted molar refractivity (Wildman–Crippen MR) is 58.2 cm³/mol. The lowest BCUT2D eigenvalue weighted by Gasteiger charge is -2.29. The van der Waals surface area contributed by atoms with Gasteiger partial charge in [0.2, 0.25) is 0 Å². The van der Waals surface area contributed by atoms with Crippen LogP contribution < -0.4 is 0 Å². The molecule has 0 aromatic carbocycles. The molecule has 0 amide bonds. The zero-order valence-electron chi connectivity index (χ0n) is 9.28. The molecule has 1 aliphatic carbocycles. The second-order valence-electron chi connectivity index (χ2n) is 5.33. The van der Waals surface area contributed by atoms with Crippen molar-refractivity contribution in [2.24, 2.45) is 11.8 Å². The fourth-order valence-corrected chi connectivity index (χ4v) is 2.88. The van der Waals surface area contributed by atoms with Crippen LogP contribution in [-0.2, 0) is 0 Å². The average molecular weight is 197 g/mol. The second kappa shape index (κ2) is 4.63. The molecule has 1 saturated carbocycles. The third kappa shape index (κ3) is 2.71. The first-order valence-corrected chi connectivity index (χ1v) is 6.14. The molecule has 0 radical (unpaired) electrons. The first-order chi connectivity index (χ1) is 6.74. The van der Waals surface area contributed by atoms with E-state index in [1.807, 2.05) is 0 Å². The van der Waals surface area contributed by atoms with Gasteiger partial charge in [-0.1, -0.05) is 6.92 Å². The van der Waals surface area contributed by atoms with Gasteiger partial charge in [-0.3, -0.25) is 0 Å². The Hall–Kier alpha value is -0.0800. The summed E-state index contributed by atoms with van der Waals surface area (Å²) in [6.07, 6.45) is 5.94. The van der Waals surface area contributed by atoms with Gasteiger partial charge >= 0.3 is 0 Å². The molecule has 2 nitrogen and oxygen atoms in total. The summed E-state index contributed by atoms with van der Waals surface area (Å²) in [5, 5.41) is 9.42. The summed E-state index contributed by atoms with van der Waals surface area (Å²) >= 11 is 0. The quantitative estimate of drug-likeness (QED) is 0.730. The number of likely N-dealkylation sites (tertiary alicyclic amines) is 1. The van der Waals surface area contributed by atoms with E-state index in [9.17, 15) is 5.11 Å². The Balaban J connectivity index is 1.70. The SMILES string of the molecule is CC1CCN(CC2CCC(O)CC2)C1. The summed E-state index contributed by atoms with van der Waals surface area (Å²) in [5.74, 6) is 1.77. The highest BCUT2D eigenvalue weighted by Crippen LogP contribution is 2.26. The highest BCUT2D eigenvalue weighted by Gasteiger charge is 2.24. The van der Waals surface area contributed by atoms with Crippen molar-refractivity contribution in [3.8, 4) is 0 Å². The zero-order valence-corrected chi connectivity index (χ0v) is 9.28. The van der Waals surface area contributed by atoms with Crippen LogP contribution in [-0.4, -0.2) is 35.7 Å². The summed E-state index contributed by atoms with van der Waals surface area (Å²) in [5.41, 5.74) is 0. The highest BCUT2D eigenvalue weighted by molar-refractivity contribution is 4.78. The van der Waals surface area contributed by atoms with Crippen molar-refractivity contribution in [1.82, 2.24) is 4.90 Å². The number of hydrogen-bond acceptors (Lipinski definition) is 2. The molecule has 1 N–H and O–H groups in total. The molecule has 1 atom stereocenters. The maximum Gasteiger partial charge on any atom is 0.0540 e. The van der Waals surface area contributed by atoms with Gasteiger partial charge in [-0.15, -0.1) is 0 Å². The molecule has 0 aromatic heterocycles. The van der Waals surface area contributed by atoms with Gasteiger partial charge in [0, 0.05) is 13.1 Å². The summed E-state index contributed by atoms with van der Waals surface area (Å²) in [4.78, 5) is 2.62. The monoisotopic (exact) mass is 197 g/mol. The van der Waals surface area contributed by atoms with Crippen LogP contribution in [0.1, 0.15) is 39.0 Å². The zero-order chi connectivity index (χ0) is 9.97. The van der Waals surface area contributed by atoms with Crippen LogP contribution in [0.15, 0.2) is 0 Å². The molecule has 0 spiro atoms. The van der Waals surface area contributed by atoms with Crippen molar-refractivity contribution in [3.63, 3.8) is 0 Å². The van der Waals surface area contributed by atoms with Gasteiger partial charge in [0.25, 0.3) is 0 Å². The predicted octanol–water partition coefficient (Wildman–Crippen LogP) is 1.88. The van der Waals surface area contributed by atoms with Gasteiger partial charge in [0.15, 0.2) is 0 Å². The van der Waals surface area contributed by atoms with E-state index in [1.54, 1.807) is 0 Å². The lowest BCUT2D eigenvalue weighted by atomic mass is 9.87. The minimum atomic E-state index is 0.00347. The van der Waals surface area contributed by atoms with Crippen LogP contribution >= 0.6 is 0 Å². The first-order valence-electron chi connectivity index (χ1n) is 6.14. The maximum absolute atomic E-state index is 9.42. The highest BCUT2D eigenvalue weighted by atomic mass is 16.3. The minimum Gasteiger partial charge on any atom is -0.393 e. The van der Waals surface area contributed by atoms with Gasteiger partial charge in [-0.25, -0.2) is 0 Å². The van der Waals surface area contributed by atoms with Crippen LogP contribution in [0.25, 0.3) is 0 Å². The first kappa shape index (κ1) is 10.4. The number of rotatable bonds is 2. The van der Waals surface area contributed by atoms with Crippen LogP contribution in [0, 0.1) is 11.8 Å². The second-order valence-corrected chi connectivity index (χ2v) is 5.33. The third-order valence-corrected chi connectivity index (χ3v) is 3.84. The van der Waals surface area contributed by atoms with Gasteiger partial charge in [-0.05, 0) is 50.5 Å². The number of aliphatic hydroxyl groups excluding tert-OH is 1. The van der Waals surface area contributed by atoms with E-state index in [0.717, 1.165) is 24.7 Å². The van der Waals surface area contributed by atoms with Crippen molar-refractivity contribution in [2.75, 3.05) is 19.6 Å². The van der Waals surface area contributed by atoms with E-state index < -0.39 is 0 Å². The maximum atomic E-state index is 9.42. The molecule has 2 aliphatic rings.